The summed E-state index contributed by atoms with van der Waals surface area (Å²) in [4.78, 5) is 16.8. The summed E-state index contributed by atoms with van der Waals surface area (Å²) in [6, 6.07) is 26.7. The van der Waals surface area contributed by atoms with E-state index in [1.54, 1.807) is 0 Å². The monoisotopic (exact) mass is 370 g/mol. The third-order valence-electron chi connectivity index (χ3n) is 4.75. The quantitative estimate of drug-likeness (QED) is 0.455. The van der Waals surface area contributed by atoms with Gasteiger partial charge in [0.2, 0.25) is 0 Å². The van der Waals surface area contributed by atoms with E-state index in [9.17, 15) is 4.79 Å². The third kappa shape index (κ3) is 3.81. The summed E-state index contributed by atoms with van der Waals surface area (Å²) in [5.74, 6) is 0.619. The highest BCUT2D eigenvalue weighted by Gasteiger charge is 2.14. The molecule has 3 aromatic carbocycles. The molecule has 0 spiro atoms. The average Bonchev–Trinajstić information content (AvgIpc) is 3.06. The number of aromatic nitrogens is 2. The van der Waals surface area contributed by atoms with Crippen molar-refractivity contribution in [3.63, 3.8) is 0 Å². The molecule has 0 radical (unpaired) electrons. The molecule has 4 rings (SSSR count). The van der Waals surface area contributed by atoms with Gasteiger partial charge in [-0.3, -0.25) is 4.79 Å². The zero-order valence-corrected chi connectivity index (χ0v) is 15.8. The molecule has 28 heavy (non-hydrogen) atoms. The van der Waals surface area contributed by atoms with Crippen molar-refractivity contribution in [2.75, 3.05) is 6.61 Å². The Bertz CT molecular complexity index is 1080. The van der Waals surface area contributed by atoms with E-state index in [0.717, 1.165) is 22.4 Å². The van der Waals surface area contributed by atoms with E-state index in [2.05, 4.69) is 36.4 Å². The second-order valence-electron chi connectivity index (χ2n) is 6.65. The van der Waals surface area contributed by atoms with E-state index in [4.69, 9.17) is 9.72 Å². The van der Waals surface area contributed by atoms with Crippen LogP contribution >= 0.6 is 0 Å². The molecule has 0 unspecified atom stereocenters. The molecule has 0 aliphatic heterocycles. The van der Waals surface area contributed by atoms with Crippen molar-refractivity contribution in [2.24, 2.45) is 0 Å². The van der Waals surface area contributed by atoms with Crippen molar-refractivity contribution < 1.29 is 9.53 Å². The molecular formula is C24H22N2O2. The van der Waals surface area contributed by atoms with Gasteiger partial charge in [0.25, 0.3) is 0 Å². The van der Waals surface area contributed by atoms with Gasteiger partial charge in [-0.1, -0.05) is 66.7 Å². The van der Waals surface area contributed by atoms with Crippen LogP contribution in [0.1, 0.15) is 18.3 Å². The summed E-state index contributed by atoms with van der Waals surface area (Å²) in [5.41, 5.74) is 5.38. The van der Waals surface area contributed by atoms with Crippen LogP contribution in [0.2, 0.25) is 0 Å². The maximum absolute atomic E-state index is 12.1. The van der Waals surface area contributed by atoms with Gasteiger partial charge in [-0.15, -0.1) is 0 Å². The fourth-order valence-corrected chi connectivity index (χ4v) is 3.40. The first-order valence-corrected chi connectivity index (χ1v) is 9.48. The predicted octanol–water partition coefficient (Wildman–Crippen LogP) is 4.86. The lowest BCUT2D eigenvalue weighted by atomic mass is 10.0. The highest BCUT2D eigenvalue weighted by molar-refractivity contribution is 5.79. The second-order valence-corrected chi connectivity index (χ2v) is 6.65. The SMILES string of the molecule is CCOC(=O)Cn1c(Cc2ccc(-c3ccccc3)cc2)nc2ccccc21. The number of para-hydroxylation sites is 2. The average molecular weight is 370 g/mol. The van der Waals surface area contributed by atoms with Crippen molar-refractivity contribution in [1.29, 1.82) is 0 Å². The van der Waals surface area contributed by atoms with E-state index >= 15 is 0 Å². The number of nitrogens with zero attached hydrogens (tertiary/aromatic N) is 2. The number of carbonyl (C=O) groups excluding carboxylic acids is 1. The fraction of sp³-hybridized carbons (Fsp3) is 0.167. The van der Waals surface area contributed by atoms with Crippen LogP contribution in [-0.4, -0.2) is 22.1 Å². The van der Waals surface area contributed by atoms with E-state index in [1.165, 1.54) is 11.1 Å². The first-order valence-electron chi connectivity index (χ1n) is 9.48. The summed E-state index contributed by atoms with van der Waals surface area (Å²) < 4.78 is 7.10. The number of hydrogen-bond donors (Lipinski definition) is 0. The third-order valence-corrected chi connectivity index (χ3v) is 4.75. The zero-order chi connectivity index (χ0) is 19.3. The Morgan fingerprint density at radius 1 is 0.893 bits per heavy atom. The molecule has 0 saturated heterocycles. The molecule has 4 nitrogen and oxygen atoms in total. The topological polar surface area (TPSA) is 44.1 Å². The van der Waals surface area contributed by atoms with Gasteiger partial charge in [-0.25, -0.2) is 4.98 Å². The van der Waals surface area contributed by atoms with Gasteiger partial charge in [0.15, 0.2) is 0 Å². The first kappa shape index (κ1) is 18.0. The van der Waals surface area contributed by atoms with Crippen molar-refractivity contribution in [2.45, 2.75) is 19.9 Å². The summed E-state index contributed by atoms with van der Waals surface area (Å²) in [6.07, 6.45) is 0.656. The fourth-order valence-electron chi connectivity index (χ4n) is 3.40. The Hall–Kier alpha value is -3.40. The standard InChI is InChI=1S/C24H22N2O2/c1-2-28-24(27)17-26-22-11-7-6-10-21(22)25-23(26)16-18-12-14-20(15-13-18)19-8-4-3-5-9-19/h3-15H,2,16-17H2,1H3. The van der Waals surface area contributed by atoms with Crippen LogP contribution in [0, 0.1) is 0 Å². The van der Waals surface area contributed by atoms with Crippen LogP contribution < -0.4 is 0 Å². The largest absolute Gasteiger partial charge is 0.465 e. The molecule has 0 saturated carbocycles. The van der Waals surface area contributed by atoms with Gasteiger partial charge in [-0.2, -0.15) is 0 Å². The summed E-state index contributed by atoms with van der Waals surface area (Å²) in [7, 11) is 0. The van der Waals surface area contributed by atoms with Gasteiger partial charge in [-0.05, 0) is 35.7 Å². The number of esters is 1. The number of imidazole rings is 1. The summed E-state index contributed by atoms with van der Waals surface area (Å²) in [5, 5.41) is 0. The lowest BCUT2D eigenvalue weighted by molar-refractivity contribution is -0.143. The minimum Gasteiger partial charge on any atom is -0.465 e. The Kier molecular flexibility index (Phi) is 5.20. The molecule has 0 aliphatic rings. The molecule has 0 N–H and O–H groups in total. The maximum Gasteiger partial charge on any atom is 0.326 e. The van der Waals surface area contributed by atoms with Gasteiger partial charge >= 0.3 is 5.97 Å². The molecule has 1 aromatic heterocycles. The molecule has 1 heterocycles. The molecule has 0 amide bonds. The van der Waals surface area contributed by atoms with Gasteiger partial charge < -0.3 is 9.30 Å². The highest BCUT2D eigenvalue weighted by Crippen LogP contribution is 2.22. The van der Waals surface area contributed by atoms with E-state index in [0.29, 0.717) is 13.0 Å². The number of fused-ring (bicyclic) bond motifs is 1. The molecular weight excluding hydrogens is 348 g/mol. The molecule has 4 aromatic rings. The molecule has 0 bridgehead atoms. The lowest BCUT2D eigenvalue weighted by Gasteiger charge is -2.09. The number of ether oxygens (including phenoxy) is 1. The molecule has 0 aliphatic carbocycles. The molecule has 140 valence electrons. The number of benzene rings is 3. The first-order chi connectivity index (χ1) is 13.7. The van der Waals surface area contributed by atoms with Crippen molar-refractivity contribution >= 4 is 17.0 Å². The van der Waals surface area contributed by atoms with Gasteiger partial charge in [0.05, 0.1) is 17.6 Å². The summed E-state index contributed by atoms with van der Waals surface area (Å²) >= 11 is 0. The molecule has 0 fully saturated rings. The van der Waals surface area contributed by atoms with Crippen LogP contribution in [0.3, 0.4) is 0 Å². The second kappa shape index (κ2) is 8.09. The Balaban J connectivity index is 1.63. The minimum absolute atomic E-state index is 0.172. The molecule has 4 heteroatoms. The maximum atomic E-state index is 12.1. The van der Waals surface area contributed by atoms with Crippen LogP contribution in [0.15, 0.2) is 78.9 Å². The smallest absolute Gasteiger partial charge is 0.326 e. The Labute approximate surface area is 164 Å². The van der Waals surface area contributed by atoms with Crippen molar-refractivity contribution in [1.82, 2.24) is 9.55 Å². The van der Waals surface area contributed by atoms with Crippen molar-refractivity contribution in [3.8, 4) is 11.1 Å². The number of carbonyl (C=O) groups is 1. The van der Waals surface area contributed by atoms with Gasteiger partial charge in [0.1, 0.15) is 12.4 Å². The van der Waals surface area contributed by atoms with Crippen LogP contribution in [0.25, 0.3) is 22.2 Å². The predicted molar refractivity (Wildman–Crippen MR) is 111 cm³/mol. The summed E-state index contributed by atoms with van der Waals surface area (Å²) in [6.45, 7) is 2.37. The van der Waals surface area contributed by atoms with E-state index in [-0.39, 0.29) is 12.5 Å². The van der Waals surface area contributed by atoms with E-state index in [1.807, 2.05) is 54.0 Å². The van der Waals surface area contributed by atoms with Crippen molar-refractivity contribution in [3.05, 3.63) is 90.3 Å². The van der Waals surface area contributed by atoms with Crippen LogP contribution in [0.5, 0.6) is 0 Å². The van der Waals surface area contributed by atoms with Crippen LogP contribution in [0.4, 0.5) is 0 Å². The van der Waals surface area contributed by atoms with Crippen LogP contribution in [-0.2, 0) is 22.5 Å². The highest BCUT2D eigenvalue weighted by atomic mass is 16.5. The normalized spacial score (nSPS) is 10.9. The zero-order valence-electron chi connectivity index (χ0n) is 15.8. The molecule has 0 atom stereocenters. The Morgan fingerprint density at radius 3 is 2.32 bits per heavy atom. The minimum atomic E-state index is -0.244. The number of rotatable bonds is 6. The lowest BCUT2D eigenvalue weighted by Crippen LogP contribution is -2.15. The Morgan fingerprint density at radius 2 is 1.57 bits per heavy atom. The van der Waals surface area contributed by atoms with E-state index < -0.39 is 0 Å². The number of hydrogen-bond acceptors (Lipinski definition) is 3. The van der Waals surface area contributed by atoms with Gasteiger partial charge in [0, 0.05) is 6.42 Å².